The number of hydrogen-bond acceptors (Lipinski definition) is 6. The largest absolute Gasteiger partial charge is 0.504 e. The Balaban J connectivity index is 2.05. The number of benzene rings is 1. The maximum Gasteiger partial charge on any atom is 0.315 e. The Morgan fingerprint density at radius 3 is 2.48 bits per heavy atom. The van der Waals surface area contributed by atoms with E-state index in [1.165, 1.54) is 6.42 Å². The van der Waals surface area contributed by atoms with Gasteiger partial charge in [-0.2, -0.15) is 0 Å². The number of nitro groups is 1. The number of rotatable bonds is 5. The minimum Gasteiger partial charge on any atom is -0.504 e. The van der Waals surface area contributed by atoms with Crippen LogP contribution < -0.4 is 0 Å². The van der Waals surface area contributed by atoms with Gasteiger partial charge in [0.1, 0.15) is 0 Å². The number of nitro benzene ring substituents is 1. The average molecular weight is 322 g/mol. The highest BCUT2D eigenvalue weighted by atomic mass is 16.6. The number of Topliss-reactive ketones (excluding diaryl/α,β-unsaturated/α-hetero) is 1. The summed E-state index contributed by atoms with van der Waals surface area (Å²) in [4.78, 5) is 24.5. The fraction of sp³-hybridized carbons (Fsp3) is 0.562. The molecule has 23 heavy (non-hydrogen) atoms. The van der Waals surface area contributed by atoms with E-state index < -0.39 is 22.1 Å². The smallest absolute Gasteiger partial charge is 0.315 e. The molecule has 2 unspecified atom stereocenters. The van der Waals surface area contributed by atoms with E-state index in [1.807, 2.05) is 0 Å². The van der Waals surface area contributed by atoms with Crippen LogP contribution in [-0.2, 0) is 0 Å². The molecule has 1 aromatic rings. The second kappa shape index (κ2) is 6.95. The molecule has 2 atom stereocenters. The molecule has 7 nitrogen and oxygen atoms in total. The minimum atomic E-state index is -0.820. The maximum atomic E-state index is 12.2. The SMILES string of the molecule is CC1CC(C)CN(CCC(=O)c2cc(O)c(O)c([N+](=O)[O-])c2)C1. The quantitative estimate of drug-likeness (QED) is 0.374. The highest BCUT2D eigenvalue weighted by Crippen LogP contribution is 2.36. The number of likely N-dealkylation sites (tertiary alicyclic amines) is 1. The molecule has 0 aliphatic carbocycles. The lowest BCUT2D eigenvalue weighted by molar-refractivity contribution is -0.386. The first-order valence-corrected chi connectivity index (χ1v) is 7.73. The van der Waals surface area contributed by atoms with Crippen LogP contribution in [-0.4, -0.2) is 45.5 Å². The van der Waals surface area contributed by atoms with Gasteiger partial charge in [0.2, 0.25) is 5.75 Å². The molecule has 1 aliphatic rings. The van der Waals surface area contributed by atoms with E-state index in [-0.39, 0.29) is 17.8 Å². The third-order valence-electron chi connectivity index (χ3n) is 4.19. The second-order valence-electron chi connectivity index (χ2n) is 6.50. The molecule has 1 saturated heterocycles. The fourth-order valence-electron chi connectivity index (χ4n) is 3.28. The summed E-state index contributed by atoms with van der Waals surface area (Å²) >= 11 is 0. The van der Waals surface area contributed by atoms with Crippen LogP contribution in [0.3, 0.4) is 0 Å². The van der Waals surface area contributed by atoms with Crippen LogP contribution in [0.5, 0.6) is 11.5 Å². The monoisotopic (exact) mass is 322 g/mol. The van der Waals surface area contributed by atoms with Crippen molar-refractivity contribution in [3.8, 4) is 11.5 Å². The van der Waals surface area contributed by atoms with Crippen LogP contribution in [0.1, 0.15) is 37.0 Å². The van der Waals surface area contributed by atoms with Gasteiger partial charge in [0.15, 0.2) is 11.5 Å². The van der Waals surface area contributed by atoms with E-state index in [9.17, 15) is 25.1 Å². The van der Waals surface area contributed by atoms with Crippen LogP contribution in [0.2, 0.25) is 0 Å². The highest BCUT2D eigenvalue weighted by Gasteiger charge is 2.24. The maximum absolute atomic E-state index is 12.2. The summed E-state index contributed by atoms with van der Waals surface area (Å²) in [5.41, 5.74) is -0.612. The average Bonchev–Trinajstić information content (AvgIpc) is 2.46. The van der Waals surface area contributed by atoms with Gasteiger partial charge in [-0.3, -0.25) is 14.9 Å². The van der Waals surface area contributed by atoms with E-state index in [4.69, 9.17) is 0 Å². The van der Waals surface area contributed by atoms with Crippen LogP contribution in [0.4, 0.5) is 5.69 Å². The van der Waals surface area contributed by atoms with Gasteiger partial charge in [-0.05, 0) is 24.3 Å². The lowest BCUT2D eigenvalue weighted by Gasteiger charge is -2.34. The molecule has 0 aromatic heterocycles. The molecule has 1 aromatic carbocycles. The van der Waals surface area contributed by atoms with Crippen molar-refractivity contribution in [1.29, 1.82) is 0 Å². The molecule has 0 saturated carbocycles. The van der Waals surface area contributed by atoms with Crippen molar-refractivity contribution in [1.82, 2.24) is 4.90 Å². The highest BCUT2D eigenvalue weighted by molar-refractivity contribution is 5.97. The Morgan fingerprint density at radius 2 is 1.91 bits per heavy atom. The molecule has 1 aliphatic heterocycles. The Bertz CT molecular complexity index is 607. The Kier molecular flexibility index (Phi) is 5.20. The predicted octanol–water partition coefficient (Wildman–Crippen LogP) is 2.56. The van der Waals surface area contributed by atoms with E-state index in [1.54, 1.807) is 0 Å². The van der Waals surface area contributed by atoms with Crippen LogP contribution in [0.25, 0.3) is 0 Å². The lowest BCUT2D eigenvalue weighted by Crippen LogP contribution is -2.39. The summed E-state index contributed by atoms with van der Waals surface area (Å²) in [5, 5.41) is 29.8. The van der Waals surface area contributed by atoms with Crippen LogP contribution in [0, 0.1) is 22.0 Å². The van der Waals surface area contributed by atoms with Crippen LogP contribution >= 0.6 is 0 Å². The van der Waals surface area contributed by atoms with Crippen molar-refractivity contribution in [2.24, 2.45) is 11.8 Å². The fourth-order valence-corrected chi connectivity index (χ4v) is 3.28. The first-order chi connectivity index (χ1) is 10.8. The van der Waals surface area contributed by atoms with E-state index in [2.05, 4.69) is 18.7 Å². The molecular weight excluding hydrogens is 300 g/mol. The van der Waals surface area contributed by atoms with E-state index >= 15 is 0 Å². The van der Waals surface area contributed by atoms with Gasteiger partial charge in [0, 0.05) is 37.7 Å². The van der Waals surface area contributed by atoms with Gasteiger partial charge in [-0.25, -0.2) is 0 Å². The lowest BCUT2D eigenvalue weighted by atomic mass is 9.91. The molecule has 0 spiro atoms. The predicted molar refractivity (Wildman–Crippen MR) is 84.8 cm³/mol. The number of nitrogens with zero attached hydrogens (tertiary/aromatic N) is 2. The number of phenols is 2. The molecule has 0 radical (unpaired) electrons. The molecule has 1 heterocycles. The van der Waals surface area contributed by atoms with Crippen LogP contribution in [0.15, 0.2) is 12.1 Å². The summed E-state index contributed by atoms with van der Waals surface area (Å²) < 4.78 is 0. The minimum absolute atomic E-state index is 0.0464. The van der Waals surface area contributed by atoms with E-state index in [0.29, 0.717) is 18.4 Å². The molecule has 7 heteroatoms. The van der Waals surface area contributed by atoms with Gasteiger partial charge in [0.25, 0.3) is 0 Å². The van der Waals surface area contributed by atoms with Crippen molar-refractivity contribution in [2.75, 3.05) is 19.6 Å². The zero-order valence-electron chi connectivity index (χ0n) is 13.4. The number of piperidine rings is 1. The first-order valence-electron chi connectivity index (χ1n) is 7.73. The molecule has 1 fully saturated rings. The standard InChI is InChI=1S/C16H22N2O5/c1-10-5-11(2)9-17(8-10)4-3-14(19)12-6-13(18(22)23)16(21)15(20)7-12/h6-7,10-11,20-21H,3-5,8-9H2,1-2H3. The van der Waals surface area contributed by atoms with Gasteiger partial charge in [0.05, 0.1) is 4.92 Å². The first kappa shape index (κ1) is 17.2. The normalized spacial score (nSPS) is 22.0. The van der Waals surface area contributed by atoms with Crippen molar-refractivity contribution in [3.63, 3.8) is 0 Å². The van der Waals surface area contributed by atoms with E-state index in [0.717, 1.165) is 25.2 Å². The summed E-state index contributed by atoms with van der Waals surface area (Å²) in [6.07, 6.45) is 1.41. The molecule has 0 bridgehead atoms. The number of aromatic hydroxyl groups is 2. The summed E-state index contributed by atoms with van der Waals surface area (Å²) in [6, 6.07) is 2.09. The number of carbonyl (C=O) groups excluding carboxylic acids is 1. The zero-order valence-corrected chi connectivity index (χ0v) is 13.4. The summed E-state index contributed by atoms with van der Waals surface area (Å²) in [6.45, 7) is 6.85. The number of phenolic OH excluding ortho intramolecular Hbond substituents is 2. The second-order valence-corrected chi connectivity index (χ2v) is 6.50. The van der Waals surface area contributed by atoms with Crippen molar-refractivity contribution >= 4 is 11.5 Å². The molecular formula is C16H22N2O5. The summed E-state index contributed by atoms with van der Waals surface area (Å²) in [7, 11) is 0. The van der Waals surface area contributed by atoms with Gasteiger partial charge in [-0.15, -0.1) is 0 Å². The van der Waals surface area contributed by atoms with Gasteiger partial charge >= 0.3 is 5.69 Å². The number of hydrogen-bond donors (Lipinski definition) is 2. The van der Waals surface area contributed by atoms with Gasteiger partial charge < -0.3 is 15.1 Å². The molecule has 126 valence electrons. The Labute approximate surface area is 134 Å². The third-order valence-corrected chi connectivity index (χ3v) is 4.19. The molecule has 2 rings (SSSR count). The topological polar surface area (TPSA) is 104 Å². The zero-order chi connectivity index (χ0) is 17.1. The van der Waals surface area contributed by atoms with Crippen molar-refractivity contribution < 1.29 is 19.9 Å². The molecule has 0 amide bonds. The van der Waals surface area contributed by atoms with Crippen molar-refractivity contribution in [3.05, 3.63) is 27.8 Å². The Hall–Kier alpha value is -2.15. The number of carbonyl (C=O) groups is 1. The molecule has 2 N–H and O–H groups in total. The van der Waals surface area contributed by atoms with Crippen molar-refractivity contribution in [2.45, 2.75) is 26.7 Å². The summed E-state index contributed by atoms with van der Waals surface area (Å²) in [5.74, 6) is -0.567. The third kappa shape index (κ3) is 4.19. The Morgan fingerprint density at radius 1 is 1.30 bits per heavy atom. The number of ketones is 1. The van der Waals surface area contributed by atoms with Gasteiger partial charge in [-0.1, -0.05) is 13.8 Å².